The Hall–Kier alpha value is -1.25. The van der Waals surface area contributed by atoms with Crippen LogP contribution in [-0.4, -0.2) is 41.6 Å². The van der Waals surface area contributed by atoms with E-state index in [-0.39, 0.29) is 5.91 Å². The SMILES string of the molecule is Cc1onc(-c2c(Cl)cccc2Cl)c1C(=O)N=[S@@]1CCC2(C1)OCCO2. The van der Waals surface area contributed by atoms with Crippen LogP contribution < -0.4 is 0 Å². The molecule has 9 heteroatoms. The minimum atomic E-state index is -0.564. The fourth-order valence-electron chi connectivity index (χ4n) is 3.16. The number of aryl methyl sites for hydroxylation is 1. The van der Waals surface area contributed by atoms with Crippen LogP contribution in [0.25, 0.3) is 11.3 Å². The normalized spacial score (nSPS) is 21.7. The van der Waals surface area contributed by atoms with Gasteiger partial charge in [-0.2, -0.15) is 4.36 Å². The van der Waals surface area contributed by atoms with E-state index < -0.39 is 16.5 Å². The summed E-state index contributed by atoms with van der Waals surface area (Å²) in [5.74, 6) is 0.804. The van der Waals surface area contributed by atoms with Crippen molar-refractivity contribution in [3.63, 3.8) is 0 Å². The minimum Gasteiger partial charge on any atom is -0.360 e. The molecule has 2 aliphatic rings. The van der Waals surface area contributed by atoms with Gasteiger partial charge in [0.25, 0.3) is 5.91 Å². The van der Waals surface area contributed by atoms with Crippen molar-refractivity contribution < 1.29 is 18.8 Å². The lowest BCUT2D eigenvalue weighted by atomic mass is 10.1. The third-order valence-electron chi connectivity index (χ3n) is 4.41. The Kier molecular flexibility index (Phi) is 4.92. The van der Waals surface area contributed by atoms with Crippen molar-refractivity contribution in [2.24, 2.45) is 4.36 Å². The van der Waals surface area contributed by atoms with E-state index in [1.165, 1.54) is 0 Å². The van der Waals surface area contributed by atoms with Crippen LogP contribution in [-0.2, 0) is 20.2 Å². The third kappa shape index (κ3) is 3.23. The van der Waals surface area contributed by atoms with Crippen molar-refractivity contribution in [3.05, 3.63) is 39.6 Å². The maximum Gasteiger partial charge on any atom is 0.288 e. The number of hydrogen-bond acceptors (Lipinski definition) is 5. The van der Waals surface area contributed by atoms with Crippen LogP contribution in [0, 0.1) is 6.92 Å². The molecule has 1 aromatic heterocycles. The van der Waals surface area contributed by atoms with Gasteiger partial charge in [0, 0.05) is 17.7 Å². The Bertz CT molecular complexity index is 886. The Balaban J connectivity index is 1.68. The molecule has 0 saturated carbocycles. The summed E-state index contributed by atoms with van der Waals surface area (Å²) < 4.78 is 21.0. The summed E-state index contributed by atoms with van der Waals surface area (Å²) in [5, 5.41) is 4.80. The molecule has 1 amide bonds. The number of benzene rings is 1. The molecule has 2 aliphatic heterocycles. The second kappa shape index (κ2) is 7.05. The van der Waals surface area contributed by atoms with Gasteiger partial charge < -0.3 is 14.0 Å². The Morgan fingerprint density at radius 2 is 1.96 bits per heavy atom. The highest BCUT2D eigenvalue weighted by atomic mass is 35.5. The van der Waals surface area contributed by atoms with Crippen LogP contribution in [0.2, 0.25) is 10.0 Å². The first-order valence-corrected chi connectivity index (χ1v) is 10.4. The summed E-state index contributed by atoms with van der Waals surface area (Å²) in [5.41, 5.74) is 1.08. The molecule has 6 nitrogen and oxygen atoms in total. The summed E-state index contributed by atoms with van der Waals surface area (Å²) in [6.45, 7) is 2.85. The molecule has 3 heterocycles. The standard InChI is InChI=1S/C17H16Cl2N2O4S/c1-10-13(15(20-25-10)14-11(18)3-2-4-12(14)19)16(22)21-26-8-5-17(9-26)23-6-7-24-17/h2-4H,5-9H2,1H3/t26-/m1/s1. The highest BCUT2D eigenvalue weighted by Gasteiger charge is 2.42. The molecule has 4 rings (SSSR count). The Labute approximate surface area is 162 Å². The van der Waals surface area contributed by atoms with Gasteiger partial charge in [0.05, 0.1) is 29.0 Å². The number of aromatic nitrogens is 1. The van der Waals surface area contributed by atoms with Crippen molar-refractivity contribution in [1.82, 2.24) is 5.16 Å². The van der Waals surface area contributed by atoms with Gasteiger partial charge in [-0.15, -0.1) is 0 Å². The quantitative estimate of drug-likeness (QED) is 0.740. The second-order valence-electron chi connectivity index (χ2n) is 6.12. The van der Waals surface area contributed by atoms with Gasteiger partial charge in [-0.05, 0) is 19.1 Å². The topological polar surface area (TPSA) is 73.9 Å². The maximum absolute atomic E-state index is 12.9. The Morgan fingerprint density at radius 1 is 1.27 bits per heavy atom. The van der Waals surface area contributed by atoms with Gasteiger partial charge in [0.15, 0.2) is 5.79 Å². The smallest absolute Gasteiger partial charge is 0.288 e. The molecular formula is C17H16Cl2N2O4S. The van der Waals surface area contributed by atoms with E-state index in [4.69, 9.17) is 37.2 Å². The third-order valence-corrected chi connectivity index (χ3v) is 6.91. The monoisotopic (exact) mass is 414 g/mol. The number of rotatable bonds is 2. The van der Waals surface area contributed by atoms with Crippen molar-refractivity contribution >= 4 is 39.8 Å². The van der Waals surface area contributed by atoms with Gasteiger partial charge in [0.2, 0.25) is 0 Å². The predicted molar refractivity (Wildman–Crippen MR) is 99.8 cm³/mol. The minimum absolute atomic E-state index is 0.293. The van der Waals surface area contributed by atoms with Gasteiger partial charge >= 0.3 is 0 Å². The second-order valence-corrected chi connectivity index (χ2v) is 8.74. The fraction of sp³-hybridized carbons (Fsp3) is 0.412. The van der Waals surface area contributed by atoms with Crippen molar-refractivity contribution in [1.29, 1.82) is 0 Å². The van der Waals surface area contributed by atoms with E-state index in [2.05, 4.69) is 9.52 Å². The van der Waals surface area contributed by atoms with E-state index in [1.807, 2.05) is 0 Å². The van der Waals surface area contributed by atoms with Gasteiger partial charge in [-0.25, -0.2) is 0 Å². The zero-order valence-electron chi connectivity index (χ0n) is 14.0. The van der Waals surface area contributed by atoms with Crippen molar-refractivity contribution in [2.45, 2.75) is 19.1 Å². The average Bonchev–Trinajstić information content (AvgIpc) is 3.30. The first-order chi connectivity index (χ1) is 12.5. The number of ether oxygens (including phenoxy) is 2. The first kappa shape index (κ1) is 18.1. The maximum atomic E-state index is 12.9. The molecule has 0 unspecified atom stereocenters. The zero-order chi connectivity index (χ0) is 18.3. The largest absolute Gasteiger partial charge is 0.360 e. The molecule has 0 aliphatic carbocycles. The van der Waals surface area contributed by atoms with Crippen molar-refractivity contribution in [2.75, 3.05) is 24.7 Å². The van der Waals surface area contributed by atoms with Gasteiger partial charge in [-0.3, -0.25) is 4.79 Å². The zero-order valence-corrected chi connectivity index (χ0v) is 16.3. The first-order valence-electron chi connectivity index (χ1n) is 8.11. The molecule has 0 radical (unpaired) electrons. The molecular weight excluding hydrogens is 399 g/mol. The predicted octanol–water partition coefficient (Wildman–Crippen LogP) is 4.05. The number of hydrogen-bond donors (Lipinski definition) is 0. The molecule has 2 saturated heterocycles. The van der Waals surface area contributed by atoms with Crippen LogP contribution in [0.15, 0.2) is 27.1 Å². The summed E-state index contributed by atoms with van der Waals surface area (Å²) in [7, 11) is -0.465. The lowest BCUT2D eigenvalue weighted by molar-refractivity contribution is -0.134. The Morgan fingerprint density at radius 3 is 2.65 bits per heavy atom. The number of nitrogens with zero attached hydrogens (tertiary/aromatic N) is 2. The molecule has 1 aromatic carbocycles. The van der Waals surface area contributed by atoms with E-state index in [0.29, 0.717) is 51.6 Å². The molecule has 0 N–H and O–H groups in total. The molecule has 2 aromatic rings. The highest BCUT2D eigenvalue weighted by molar-refractivity contribution is 7.87. The summed E-state index contributed by atoms with van der Waals surface area (Å²) >= 11 is 12.5. The lowest BCUT2D eigenvalue weighted by Gasteiger charge is -2.19. The lowest BCUT2D eigenvalue weighted by Crippen LogP contribution is -2.30. The molecule has 26 heavy (non-hydrogen) atoms. The fourth-order valence-corrected chi connectivity index (χ4v) is 5.72. The van der Waals surface area contributed by atoms with Crippen LogP contribution in [0.3, 0.4) is 0 Å². The van der Waals surface area contributed by atoms with E-state index in [9.17, 15) is 4.79 Å². The van der Waals surface area contributed by atoms with Gasteiger partial charge in [-0.1, -0.05) is 45.1 Å². The van der Waals surface area contributed by atoms with Crippen LogP contribution in [0.1, 0.15) is 22.5 Å². The number of carbonyl (C=O) groups is 1. The summed E-state index contributed by atoms with van der Waals surface area (Å²) in [6.07, 6.45) is 0.749. The summed E-state index contributed by atoms with van der Waals surface area (Å²) in [4.78, 5) is 12.9. The molecule has 138 valence electrons. The molecule has 0 bridgehead atoms. The molecule has 1 atom stereocenters. The van der Waals surface area contributed by atoms with E-state index in [1.54, 1.807) is 25.1 Å². The van der Waals surface area contributed by atoms with E-state index in [0.717, 1.165) is 12.2 Å². The number of carbonyl (C=O) groups excluding carboxylic acids is 1. The van der Waals surface area contributed by atoms with Crippen LogP contribution in [0.4, 0.5) is 0 Å². The van der Waals surface area contributed by atoms with Gasteiger partial charge in [0.1, 0.15) is 17.0 Å². The number of amides is 1. The average molecular weight is 415 g/mol. The number of halogens is 2. The molecule has 1 spiro atoms. The van der Waals surface area contributed by atoms with Crippen molar-refractivity contribution in [3.8, 4) is 11.3 Å². The van der Waals surface area contributed by atoms with Crippen LogP contribution >= 0.6 is 23.2 Å². The van der Waals surface area contributed by atoms with E-state index >= 15 is 0 Å². The summed E-state index contributed by atoms with van der Waals surface area (Å²) in [6, 6.07) is 5.11. The molecule has 2 fully saturated rings. The highest BCUT2D eigenvalue weighted by Crippen LogP contribution is 2.37. The van der Waals surface area contributed by atoms with Crippen LogP contribution in [0.5, 0.6) is 0 Å².